The van der Waals surface area contributed by atoms with Crippen LogP contribution in [0.15, 0.2) is 42.5 Å². The van der Waals surface area contributed by atoms with Gasteiger partial charge in [-0.2, -0.15) is 0 Å². The smallest absolute Gasteiger partial charge is 0.0982 e. The zero-order valence-corrected chi connectivity index (χ0v) is 11.1. The van der Waals surface area contributed by atoms with Gasteiger partial charge in [-0.05, 0) is 35.9 Å². The Bertz CT molecular complexity index is 706. The van der Waals surface area contributed by atoms with E-state index in [1.165, 1.54) is 10.3 Å². The van der Waals surface area contributed by atoms with E-state index in [-0.39, 0.29) is 0 Å². The molecule has 0 aliphatic heterocycles. The lowest BCUT2D eigenvalue weighted by atomic mass is 10.1. The highest BCUT2D eigenvalue weighted by atomic mass is 35.5. The average Bonchev–Trinajstić information content (AvgIpc) is 2.70. The number of anilines is 1. The Morgan fingerprint density at radius 1 is 1.17 bits per heavy atom. The highest BCUT2D eigenvalue weighted by Gasteiger charge is 2.05. The first-order valence-electron chi connectivity index (χ1n) is 5.60. The van der Waals surface area contributed by atoms with E-state index in [4.69, 9.17) is 17.3 Å². The van der Waals surface area contributed by atoms with Crippen LogP contribution in [0.1, 0.15) is 10.6 Å². The maximum absolute atomic E-state index is 5.96. The number of nitrogens with zero attached hydrogens (tertiary/aromatic N) is 1. The van der Waals surface area contributed by atoms with Gasteiger partial charge in [-0.3, -0.25) is 0 Å². The molecule has 3 aromatic rings. The number of rotatable bonds is 2. The normalized spacial score (nSPS) is 10.9. The van der Waals surface area contributed by atoms with Gasteiger partial charge in [0.2, 0.25) is 0 Å². The van der Waals surface area contributed by atoms with E-state index < -0.39 is 0 Å². The lowest BCUT2D eigenvalue weighted by Gasteiger charge is -1.98. The second-order valence-electron chi connectivity index (χ2n) is 4.14. The minimum Gasteiger partial charge on any atom is -0.399 e. The molecular formula is C14H11ClN2S. The van der Waals surface area contributed by atoms with Crippen LogP contribution >= 0.6 is 22.9 Å². The molecule has 0 aliphatic carbocycles. The predicted molar refractivity (Wildman–Crippen MR) is 78.3 cm³/mol. The van der Waals surface area contributed by atoms with Crippen LogP contribution < -0.4 is 5.73 Å². The van der Waals surface area contributed by atoms with Crippen molar-refractivity contribution in [3.8, 4) is 0 Å². The van der Waals surface area contributed by atoms with E-state index in [1.807, 2.05) is 36.4 Å². The van der Waals surface area contributed by atoms with E-state index in [9.17, 15) is 0 Å². The van der Waals surface area contributed by atoms with Gasteiger partial charge in [0.15, 0.2) is 0 Å². The number of fused-ring (bicyclic) bond motifs is 1. The molecule has 0 bridgehead atoms. The molecule has 2 N–H and O–H groups in total. The van der Waals surface area contributed by atoms with Crippen molar-refractivity contribution in [2.75, 3.05) is 5.73 Å². The zero-order valence-electron chi connectivity index (χ0n) is 9.56. The number of hydrogen-bond acceptors (Lipinski definition) is 3. The van der Waals surface area contributed by atoms with Gasteiger partial charge in [-0.25, -0.2) is 4.98 Å². The fraction of sp³-hybridized carbons (Fsp3) is 0.0714. The van der Waals surface area contributed by atoms with E-state index in [2.05, 4.69) is 11.1 Å². The molecule has 0 saturated heterocycles. The second kappa shape index (κ2) is 4.59. The highest BCUT2D eigenvalue weighted by Crippen LogP contribution is 2.26. The number of thiazole rings is 1. The van der Waals surface area contributed by atoms with Crippen molar-refractivity contribution in [2.45, 2.75) is 6.42 Å². The molecule has 1 aromatic heterocycles. The van der Waals surface area contributed by atoms with Gasteiger partial charge in [0, 0.05) is 17.1 Å². The van der Waals surface area contributed by atoms with Crippen LogP contribution in [0.3, 0.4) is 0 Å². The third-order valence-corrected chi connectivity index (χ3v) is 3.97. The topological polar surface area (TPSA) is 38.9 Å². The molecule has 18 heavy (non-hydrogen) atoms. The van der Waals surface area contributed by atoms with Gasteiger partial charge in [0.25, 0.3) is 0 Å². The SMILES string of the molecule is Nc1cccc(Cc2nc3cc(Cl)ccc3s2)c1. The summed E-state index contributed by atoms with van der Waals surface area (Å²) in [6, 6.07) is 13.7. The summed E-state index contributed by atoms with van der Waals surface area (Å²) in [5, 5.41) is 1.81. The lowest BCUT2D eigenvalue weighted by molar-refractivity contribution is 1.16. The molecule has 0 amide bonds. The molecule has 3 rings (SSSR count). The fourth-order valence-electron chi connectivity index (χ4n) is 1.90. The Morgan fingerprint density at radius 3 is 2.89 bits per heavy atom. The summed E-state index contributed by atoms with van der Waals surface area (Å²) in [5.41, 5.74) is 8.71. The van der Waals surface area contributed by atoms with Crippen LogP contribution in [-0.2, 0) is 6.42 Å². The van der Waals surface area contributed by atoms with Crippen LogP contribution in [-0.4, -0.2) is 4.98 Å². The molecule has 0 aliphatic rings. The third kappa shape index (κ3) is 2.33. The van der Waals surface area contributed by atoms with Crippen LogP contribution in [0.5, 0.6) is 0 Å². The van der Waals surface area contributed by atoms with E-state index >= 15 is 0 Å². The van der Waals surface area contributed by atoms with Crippen molar-refractivity contribution < 1.29 is 0 Å². The molecule has 0 unspecified atom stereocenters. The van der Waals surface area contributed by atoms with Crippen molar-refractivity contribution in [3.05, 3.63) is 58.1 Å². The number of aromatic nitrogens is 1. The zero-order chi connectivity index (χ0) is 12.5. The van der Waals surface area contributed by atoms with Crippen molar-refractivity contribution in [2.24, 2.45) is 0 Å². The molecule has 0 radical (unpaired) electrons. The number of benzene rings is 2. The maximum atomic E-state index is 5.96. The van der Waals surface area contributed by atoms with Crippen LogP contribution in [0.25, 0.3) is 10.2 Å². The molecule has 0 fully saturated rings. The maximum Gasteiger partial charge on any atom is 0.0982 e. The molecule has 2 nitrogen and oxygen atoms in total. The minimum absolute atomic E-state index is 0.725. The largest absolute Gasteiger partial charge is 0.399 e. The van der Waals surface area contributed by atoms with Crippen LogP contribution in [0.2, 0.25) is 5.02 Å². The summed E-state index contributed by atoms with van der Waals surface area (Å²) < 4.78 is 1.17. The van der Waals surface area contributed by atoms with E-state index in [1.54, 1.807) is 11.3 Å². The fourth-order valence-corrected chi connectivity index (χ4v) is 3.05. The molecule has 2 aromatic carbocycles. The summed E-state index contributed by atoms with van der Waals surface area (Å²) in [7, 11) is 0. The number of hydrogen-bond donors (Lipinski definition) is 1. The highest BCUT2D eigenvalue weighted by molar-refractivity contribution is 7.18. The van der Waals surface area contributed by atoms with Gasteiger partial charge in [-0.15, -0.1) is 11.3 Å². The standard InChI is InChI=1S/C14H11ClN2S/c15-10-4-5-13-12(8-10)17-14(18-13)7-9-2-1-3-11(16)6-9/h1-6,8H,7,16H2. The van der Waals surface area contributed by atoms with Gasteiger partial charge in [0.1, 0.15) is 0 Å². The summed E-state index contributed by atoms with van der Waals surface area (Å²) in [4.78, 5) is 4.59. The van der Waals surface area contributed by atoms with Gasteiger partial charge in [0.05, 0.1) is 15.2 Å². The average molecular weight is 275 g/mol. The van der Waals surface area contributed by atoms with Crippen molar-refractivity contribution in [3.63, 3.8) is 0 Å². The summed E-state index contributed by atoms with van der Waals surface area (Å²) in [6.45, 7) is 0. The van der Waals surface area contributed by atoms with Gasteiger partial charge >= 0.3 is 0 Å². The number of halogens is 1. The monoisotopic (exact) mass is 274 g/mol. The molecule has 1 heterocycles. The molecule has 90 valence electrons. The summed E-state index contributed by atoms with van der Waals surface area (Å²) in [6.07, 6.45) is 0.808. The van der Waals surface area contributed by atoms with E-state index in [0.717, 1.165) is 27.7 Å². The Labute approximate surface area is 114 Å². The first-order valence-corrected chi connectivity index (χ1v) is 6.79. The number of nitrogens with two attached hydrogens (primary N) is 1. The molecule has 0 atom stereocenters. The molecule has 0 saturated carbocycles. The number of nitrogen functional groups attached to an aromatic ring is 1. The third-order valence-electron chi connectivity index (χ3n) is 2.70. The van der Waals surface area contributed by atoms with Gasteiger partial charge in [-0.1, -0.05) is 23.7 Å². The van der Waals surface area contributed by atoms with E-state index in [0.29, 0.717) is 0 Å². The Morgan fingerprint density at radius 2 is 2.06 bits per heavy atom. The van der Waals surface area contributed by atoms with Crippen molar-refractivity contribution in [1.29, 1.82) is 0 Å². The van der Waals surface area contributed by atoms with Crippen LogP contribution in [0.4, 0.5) is 5.69 Å². The predicted octanol–water partition coefficient (Wildman–Crippen LogP) is 4.12. The Balaban J connectivity index is 1.95. The molecule has 4 heteroatoms. The first-order chi connectivity index (χ1) is 8.70. The first kappa shape index (κ1) is 11.5. The molecule has 0 spiro atoms. The van der Waals surface area contributed by atoms with Crippen molar-refractivity contribution >= 4 is 38.8 Å². The summed E-state index contributed by atoms with van der Waals surface area (Å²) in [5.74, 6) is 0. The lowest BCUT2D eigenvalue weighted by Crippen LogP contribution is -1.90. The second-order valence-corrected chi connectivity index (χ2v) is 5.69. The van der Waals surface area contributed by atoms with Crippen molar-refractivity contribution in [1.82, 2.24) is 4.98 Å². The van der Waals surface area contributed by atoms with Crippen LogP contribution in [0, 0.1) is 0 Å². The van der Waals surface area contributed by atoms with Gasteiger partial charge < -0.3 is 5.73 Å². The molecular weight excluding hydrogens is 264 g/mol. The minimum atomic E-state index is 0.725. The Hall–Kier alpha value is -1.58. The Kier molecular flexibility index (Phi) is 2.94. The summed E-state index contributed by atoms with van der Waals surface area (Å²) >= 11 is 7.65. The quantitative estimate of drug-likeness (QED) is 0.714.